The molecular weight excluding hydrogens is 342 g/mol. The molecule has 1 heterocycles. The molecule has 0 saturated heterocycles. The van der Waals surface area contributed by atoms with E-state index < -0.39 is 30.9 Å². The van der Waals surface area contributed by atoms with E-state index in [1.165, 1.54) is 18.2 Å². The topological polar surface area (TPSA) is 121 Å². The van der Waals surface area contributed by atoms with Gasteiger partial charge in [0.2, 0.25) is 0 Å². The minimum Gasteiger partial charge on any atom is -0.285 e. The highest BCUT2D eigenvalue weighted by molar-refractivity contribution is 7.87. The van der Waals surface area contributed by atoms with Crippen LogP contribution in [0, 0.1) is 0 Å². The number of hydrogen-bond acceptors (Lipinski definition) is 5. The molecule has 0 bridgehead atoms. The zero-order valence-electron chi connectivity index (χ0n) is 13.0. The Hall–Kier alpha value is -1.29. The van der Waals surface area contributed by atoms with E-state index in [1.54, 1.807) is 20.8 Å². The van der Waals surface area contributed by atoms with Crippen molar-refractivity contribution in [1.29, 1.82) is 0 Å². The third-order valence-electron chi connectivity index (χ3n) is 4.04. The smallest absolute Gasteiger partial charge is 0.285 e. The van der Waals surface area contributed by atoms with Gasteiger partial charge in [-0.25, -0.2) is 0 Å². The second kappa shape index (κ2) is 5.66. The van der Waals surface area contributed by atoms with Crippen LogP contribution in [0.5, 0.6) is 0 Å². The first-order valence-electron chi connectivity index (χ1n) is 7.06. The molecule has 0 fully saturated rings. The molecule has 0 spiro atoms. The summed E-state index contributed by atoms with van der Waals surface area (Å²) in [4.78, 5) is 4.04. The normalized spacial score (nSPS) is 18.4. The van der Waals surface area contributed by atoms with E-state index in [0.717, 1.165) is 0 Å². The Kier molecular flexibility index (Phi) is 4.44. The summed E-state index contributed by atoms with van der Waals surface area (Å²) >= 11 is 0. The molecule has 1 unspecified atom stereocenters. The van der Waals surface area contributed by atoms with Crippen LogP contribution >= 0.6 is 0 Å². The van der Waals surface area contributed by atoms with Crippen LogP contribution in [0.3, 0.4) is 0 Å². The highest BCUT2D eigenvalue weighted by Crippen LogP contribution is 2.43. The van der Waals surface area contributed by atoms with Crippen molar-refractivity contribution in [2.45, 2.75) is 49.2 Å². The van der Waals surface area contributed by atoms with Gasteiger partial charge in [-0.2, -0.15) is 16.8 Å². The van der Waals surface area contributed by atoms with E-state index in [9.17, 15) is 25.9 Å². The van der Waals surface area contributed by atoms with Gasteiger partial charge >= 0.3 is 0 Å². The van der Waals surface area contributed by atoms with Gasteiger partial charge in [0.1, 0.15) is 5.25 Å². The number of nitrogens with zero attached hydrogens (tertiary/aromatic N) is 1. The summed E-state index contributed by atoms with van der Waals surface area (Å²) in [5.41, 5.74) is 0.310. The number of hydrogen-bond donors (Lipinski definition) is 2. The standard InChI is InChI=1S/C14H19NO6S2/c1-4-5-12(23(19,20)21)13-14(2,3)10-8-9(22(16,17)18)6-7-11(10)15-13/h6-8,12H,4-5H2,1-3H3,(H,16,17,18)(H,19,20,21). The molecule has 0 aliphatic carbocycles. The van der Waals surface area contributed by atoms with Crippen LogP contribution < -0.4 is 0 Å². The molecule has 2 N–H and O–H groups in total. The molecular formula is C14H19NO6S2. The summed E-state index contributed by atoms with van der Waals surface area (Å²) in [7, 11) is -8.71. The summed E-state index contributed by atoms with van der Waals surface area (Å²) < 4.78 is 64.7. The molecule has 2 rings (SSSR count). The second-order valence-electron chi connectivity index (χ2n) is 6.07. The maximum atomic E-state index is 11.7. The van der Waals surface area contributed by atoms with Crippen LogP contribution in [0.2, 0.25) is 0 Å². The molecule has 23 heavy (non-hydrogen) atoms. The minimum atomic E-state index is -4.37. The average Bonchev–Trinajstić information content (AvgIpc) is 2.65. The van der Waals surface area contributed by atoms with Crippen molar-refractivity contribution in [2.24, 2.45) is 4.99 Å². The van der Waals surface area contributed by atoms with Crippen LogP contribution in [-0.2, 0) is 25.7 Å². The maximum Gasteiger partial charge on any atom is 0.294 e. The quantitative estimate of drug-likeness (QED) is 0.777. The first-order chi connectivity index (χ1) is 10.4. The van der Waals surface area contributed by atoms with E-state index in [4.69, 9.17) is 0 Å². The van der Waals surface area contributed by atoms with E-state index in [0.29, 0.717) is 17.7 Å². The van der Waals surface area contributed by atoms with Gasteiger partial charge in [-0.05, 0) is 30.2 Å². The van der Waals surface area contributed by atoms with Gasteiger partial charge in [0, 0.05) is 11.1 Å². The minimum absolute atomic E-state index is 0.209. The van der Waals surface area contributed by atoms with Crippen LogP contribution in [0.1, 0.15) is 39.2 Å². The molecule has 0 aromatic heterocycles. The van der Waals surface area contributed by atoms with Crippen LogP contribution in [-0.4, -0.2) is 36.9 Å². The molecule has 0 amide bonds. The lowest BCUT2D eigenvalue weighted by Crippen LogP contribution is -2.40. The fraction of sp³-hybridized carbons (Fsp3) is 0.500. The summed E-state index contributed by atoms with van der Waals surface area (Å²) in [6.45, 7) is 5.21. The largest absolute Gasteiger partial charge is 0.294 e. The third-order valence-corrected chi connectivity index (χ3v) is 6.06. The fourth-order valence-electron chi connectivity index (χ4n) is 2.84. The lowest BCUT2D eigenvalue weighted by molar-refractivity contribution is 0.470. The van der Waals surface area contributed by atoms with Crippen molar-refractivity contribution in [3.05, 3.63) is 23.8 Å². The van der Waals surface area contributed by atoms with Gasteiger partial charge in [-0.3, -0.25) is 14.1 Å². The fourth-order valence-corrected chi connectivity index (χ4v) is 4.51. The average molecular weight is 361 g/mol. The van der Waals surface area contributed by atoms with Crippen molar-refractivity contribution >= 4 is 31.6 Å². The molecule has 9 heteroatoms. The molecule has 0 saturated carbocycles. The monoisotopic (exact) mass is 361 g/mol. The first kappa shape index (κ1) is 18.1. The van der Waals surface area contributed by atoms with Gasteiger partial charge in [0.15, 0.2) is 0 Å². The summed E-state index contributed by atoms with van der Waals surface area (Å²) in [5, 5.41) is -1.15. The number of aliphatic imine (C=N–C) groups is 1. The molecule has 128 valence electrons. The maximum absolute atomic E-state index is 11.7. The van der Waals surface area contributed by atoms with Gasteiger partial charge < -0.3 is 0 Å². The predicted octanol–water partition coefficient (Wildman–Crippen LogP) is 2.35. The zero-order valence-corrected chi connectivity index (χ0v) is 14.6. The van der Waals surface area contributed by atoms with Gasteiger partial charge in [0.25, 0.3) is 20.2 Å². The van der Waals surface area contributed by atoms with Gasteiger partial charge in [0.05, 0.1) is 10.6 Å². The molecule has 1 atom stereocenters. The van der Waals surface area contributed by atoms with E-state index in [-0.39, 0.29) is 17.0 Å². The van der Waals surface area contributed by atoms with Gasteiger partial charge in [-0.15, -0.1) is 0 Å². The Morgan fingerprint density at radius 2 is 1.78 bits per heavy atom. The van der Waals surface area contributed by atoms with Crippen LogP contribution in [0.25, 0.3) is 0 Å². The molecule has 1 aromatic carbocycles. The van der Waals surface area contributed by atoms with E-state index >= 15 is 0 Å². The number of benzene rings is 1. The van der Waals surface area contributed by atoms with Crippen LogP contribution in [0.15, 0.2) is 28.1 Å². The SMILES string of the molecule is CCCC(C1=Nc2ccc(S(=O)(=O)O)cc2C1(C)C)S(=O)(=O)O. The zero-order chi connectivity index (χ0) is 17.6. The molecule has 1 aromatic rings. The van der Waals surface area contributed by atoms with Crippen molar-refractivity contribution in [2.75, 3.05) is 0 Å². The predicted molar refractivity (Wildman–Crippen MR) is 86.6 cm³/mol. The molecule has 7 nitrogen and oxygen atoms in total. The van der Waals surface area contributed by atoms with Crippen LogP contribution in [0.4, 0.5) is 5.69 Å². The third kappa shape index (κ3) is 3.32. The highest BCUT2D eigenvalue weighted by atomic mass is 32.2. The van der Waals surface area contributed by atoms with E-state index in [2.05, 4.69) is 4.99 Å². The molecule has 0 radical (unpaired) electrons. The number of rotatable bonds is 5. The summed E-state index contributed by atoms with van der Waals surface area (Å²) in [5.74, 6) is 0. The van der Waals surface area contributed by atoms with Gasteiger partial charge in [-0.1, -0.05) is 27.2 Å². The first-order valence-corrected chi connectivity index (χ1v) is 10.0. The molecule has 1 aliphatic heterocycles. The van der Waals surface area contributed by atoms with Crippen molar-refractivity contribution < 1.29 is 25.9 Å². The van der Waals surface area contributed by atoms with Crippen molar-refractivity contribution in [3.8, 4) is 0 Å². The molecule has 1 aliphatic rings. The Balaban J connectivity index is 2.60. The Bertz CT molecular complexity index is 869. The lowest BCUT2D eigenvalue weighted by atomic mass is 9.79. The number of fused-ring (bicyclic) bond motifs is 1. The Labute approximate surface area is 135 Å². The van der Waals surface area contributed by atoms with Crippen molar-refractivity contribution in [3.63, 3.8) is 0 Å². The summed E-state index contributed by atoms with van der Waals surface area (Å²) in [6, 6.07) is 3.91. The van der Waals surface area contributed by atoms with E-state index in [1.807, 2.05) is 0 Å². The Morgan fingerprint density at radius 3 is 2.26 bits per heavy atom. The summed E-state index contributed by atoms with van der Waals surface area (Å²) in [6.07, 6.45) is 0.742. The second-order valence-corrected chi connectivity index (χ2v) is 9.09. The Morgan fingerprint density at radius 1 is 1.17 bits per heavy atom. The lowest BCUT2D eigenvalue weighted by Gasteiger charge is -2.26. The van der Waals surface area contributed by atoms with Crippen molar-refractivity contribution in [1.82, 2.24) is 0 Å². The highest BCUT2D eigenvalue weighted by Gasteiger charge is 2.43.